The molecule has 3 aromatic rings. The van der Waals surface area contributed by atoms with E-state index in [0.717, 1.165) is 29.9 Å². The number of benzene rings is 1. The first-order chi connectivity index (χ1) is 11.7. The molecular formula is C18H15BrN2O2S. The van der Waals surface area contributed by atoms with Crippen molar-refractivity contribution in [1.29, 1.82) is 0 Å². The Kier molecular flexibility index (Phi) is 4.24. The van der Waals surface area contributed by atoms with E-state index in [2.05, 4.69) is 22.0 Å². The molecule has 0 bridgehead atoms. The third-order valence-electron chi connectivity index (χ3n) is 4.12. The molecule has 1 aliphatic heterocycles. The molecule has 6 heteroatoms. The van der Waals surface area contributed by atoms with Crippen molar-refractivity contribution < 1.29 is 9.21 Å². The van der Waals surface area contributed by atoms with Crippen molar-refractivity contribution in [2.24, 2.45) is 0 Å². The first-order valence-corrected chi connectivity index (χ1v) is 9.41. The molecule has 1 aromatic carbocycles. The van der Waals surface area contributed by atoms with Crippen molar-refractivity contribution in [3.8, 4) is 0 Å². The lowest BCUT2D eigenvalue weighted by Crippen LogP contribution is -2.28. The van der Waals surface area contributed by atoms with Crippen molar-refractivity contribution in [3.05, 3.63) is 57.9 Å². The zero-order chi connectivity index (χ0) is 16.5. The SMILES string of the molecule is O=C(/C=C\c1ccc(Br)o1)N1CCC[C@@H]1c1nc2ccccc2s1. The number of para-hydroxylation sites is 1. The minimum atomic E-state index is 0.00396. The number of hydrogen-bond acceptors (Lipinski definition) is 4. The van der Waals surface area contributed by atoms with E-state index in [0.29, 0.717) is 10.4 Å². The van der Waals surface area contributed by atoms with Gasteiger partial charge in [-0.3, -0.25) is 4.79 Å². The number of carbonyl (C=O) groups excluding carboxylic acids is 1. The van der Waals surface area contributed by atoms with Gasteiger partial charge in [-0.2, -0.15) is 0 Å². The second-order valence-corrected chi connectivity index (χ2v) is 7.53. The minimum Gasteiger partial charge on any atom is -0.450 e. The van der Waals surface area contributed by atoms with Gasteiger partial charge in [-0.05, 0) is 59.1 Å². The van der Waals surface area contributed by atoms with Gasteiger partial charge in [-0.1, -0.05) is 12.1 Å². The number of fused-ring (bicyclic) bond motifs is 1. The van der Waals surface area contributed by atoms with Crippen molar-refractivity contribution in [3.63, 3.8) is 0 Å². The summed E-state index contributed by atoms with van der Waals surface area (Å²) in [5.41, 5.74) is 1.01. The number of furan rings is 1. The van der Waals surface area contributed by atoms with E-state index in [4.69, 9.17) is 9.40 Å². The summed E-state index contributed by atoms with van der Waals surface area (Å²) in [6.45, 7) is 0.769. The molecule has 2 aromatic heterocycles. The van der Waals surface area contributed by atoms with Crippen LogP contribution in [0.4, 0.5) is 0 Å². The Morgan fingerprint density at radius 1 is 1.33 bits per heavy atom. The molecule has 1 amide bonds. The Hall–Kier alpha value is -1.92. The first kappa shape index (κ1) is 15.6. The van der Waals surface area contributed by atoms with Crippen LogP contribution in [0.3, 0.4) is 0 Å². The van der Waals surface area contributed by atoms with Crippen molar-refractivity contribution in [1.82, 2.24) is 9.88 Å². The van der Waals surface area contributed by atoms with Gasteiger partial charge in [0.25, 0.3) is 0 Å². The number of likely N-dealkylation sites (tertiary alicyclic amines) is 1. The lowest BCUT2D eigenvalue weighted by molar-refractivity contribution is -0.126. The van der Waals surface area contributed by atoms with Gasteiger partial charge in [0.2, 0.25) is 5.91 Å². The van der Waals surface area contributed by atoms with Crippen LogP contribution in [-0.4, -0.2) is 22.3 Å². The van der Waals surface area contributed by atoms with Crippen molar-refractivity contribution >= 4 is 49.5 Å². The Balaban J connectivity index is 1.55. The summed E-state index contributed by atoms with van der Waals surface area (Å²) < 4.78 is 7.22. The molecule has 1 atom stereocenters. The Bertz CT molecular complexity index is 882. The summed E-state index contributed by atoms with van der Waals surface area (Å²) in [6, 6.07) is 11.8. The molecule has 0 radical (unpaired) electrons. The number of halogens is 1. The molecule has 0 N–H and O–H groups in total. The first-order valence-electron chi connectivity index (χ1n) is 7.80. The van der Waals surface area contributed by atoms with Gasteiger partial charge in [0.05, 0.1) is 16.3 Å². The summed E-state index contributed by atoms with van der Waals surface area (Å²) in [5.74, 6) is 0.662. The summed E-state index contributed by atoms with van der Waals surface area (Å²) in [6.07, 6.45) is 5.26. The van der Waals surface area contributed by atoms with Crippen LogP contribution in [0, 0.1) is 0 Å². The number of aromatic nitrogens is 1. The molecule has 122 valence electrons. The number of carbonyl (C=O) groups is 1. The average molecular weight is 403 g/mol. The Labute approximate surface area is 151 Å². The number of hydrogen-bond donors (Lipinski definition) is 0. The van der Waals surface area contributed by atoms with Crippen LogP contribution >= 0.6 is 27.3 Å². The largest absolute Gasteiger partial charge is 0.450 e. The molecule has 24 heavy (non-hydrogen) atoms. The standard InChI is InChI=1S/C18H15BrN2O2S/c19-16-9-7-12(23-16)8-10-17(22)21-11-3-5-14(21)18-20-13-4-1-2-6-15(13)24-18/h1-2,4,6-10,14H,3,5,11H2/b10-8-/t14-/m1/s1. The van der Waals surface area contributed by atoms with Crippen LogP contribution in [0.15, 0.2) is 51.6 Å². The van der Waals surface area contributed by atoms with E-state index in [9.17, 15) is 4.79 Å². The number of thiazole rings is 1. The van der Waals surface area contributed by atoms with Gasteiger partial charge in [-0.25, -0.2) is 4.98 Å². The highest BCUT2D eigenvalue weighted by Gasteiger charge is 2.31. The average Bonchev–Trinajstić information content (AvgIpc) is 3.30. The molecule has 0 saturated carbocycles. The highest BCUT2D eigenvalue weighted by Crippen LogP contribution is 2.36. The molecule has 1 fully saturated rings. The van der Waals surface area contributed by atoms with Gasteiger partial charge < -0.3 is 9.32 Å². The van der Waals surface area contributed by atoms with Crippen molar-refractivity contribution in [2.45, 2.75) is 18.9 Å². The summed E-state index contributed by atoms with van der Waals surface area (Å²) >= 11 is 4.94. The van der Waals surface area contributed by atoms with Gasteiger partial charge >= 0.3 is 0 Å². The normalized spacial score (nSPS) is 18.0. The summed E-state index contributed by atoms with van der Waals surface area (Å²) in [5, 5.41) is 1.02. The molecule has 1 aliphatic rings. The van der Waals surface area contributed by atoms with Gasteiger partial charge in [0.15, 0.2) is 4.67 Å². The van der Waals surface area contributed by atoms with Gasteiger partial charge in [-0.15, -0.1) is 11.3 Å². The van der Waals surface area contributed by atoms with Gasteiger partial charge in [0.1, 0.15) is 10.8 Å². The quantitative estimate of drug-likeness (QED) is 0.577. The fourth-order valence-electron chi connectivity index (χ4n) is 2.99. The smallest absolute Gasteiger partial charge is 0.247 e. The second-order valence-electron chi connectivity index (χ2n) is 5.68. The maximum atomic E-state index is 12.6. The topological polar surface area (TPSA) is 46.3 Å². The molecule has 0 spiro atoms. The van der Waals surface area contributed by atoms with Crippen LogP contribution in [0.25, 0.3) is 16.3 Å². The van der Waals surface area contributed by atoms with Crippen LogP contribution in [0.5, 0.6) is 0 Å². The van der Waals surface area contributed by atoms with E-state index in [-0.39, 0.29) is 11.9 Å². The van der Waals surface area contributed by atoms with Crippen LogP contribution in [0.2, 0.25) is 0 Å². The minimum absolute atomic E-state index is 0.00396. The fourth-order valence-corrected chi connectivity index (χ4v) is 4.42. The van der Waals surface area contributed by atoms with Gasteiger partial charge in [0, 0.05) is 12.6 Å². The third-order valence-corrected chi connectivity index (χ3v) is 5.68. The monoisotopic (exact) mass is 402 g/mol. The van der Waals surface area contributed by atoms with Crippen molar-refractivity contribution in [2.75, 3.05) is 6.54 Å². The Morgan fingerprint density at radius 3 is 3.00 bits per heavy atom. The van der Waals surface area contributed by atoms with Crippen LogP contribution in [-0.2, 0) is 4.79 Å². The van der Waals surface area contributed by atoms with Crippen LogP contribution < -0.4 is 0 Å². The highest BCUT2D eigenvalue weighted by atomic mass is 79.9. The lowest BCUT2D eigenvalue weighted by atomic mass is 10.2. The fraction of sp³-hybridized carbons (Fsp3) is 0.222. The van der Waals surface area contributed by atoms with E-state index < -0.39 is 0 Å². The van der Waals surface area contributed by atoms with Crippen LogP contribution in [0.1, 0.15) is 29.7 Å². The molecule has 4 rings (SSSR count). The van der Waals surface area contributed by atoms with E-state index in [1.54, 1.807) is 23.5 Å². The summed E-state index contributed by atoms with van der Waals surface area (Å²) in [7, 11) is 0. The van der Waals surface area contributed by atoms with E-state index >= 15 is 0 Å². The molecule has 3 heterocycles. The third kappa shape index (κ3) is 3.03. The number of nitrogens with zero attached hydrogens (tertiary/aromatic N) is 2. The predicted molar refractivity (Wildman–Crippen MR) is 98.8 cm³/mol. The molecule has 4 nitrogen and oxygen atoms in total. The highest BCUT2D eigenvalue weighted by molar-refractivity contribution is 9.10. The zero-order valence-electron chi connectivity index (χ0n) is 12.8. The maximum absolute atomic E-state index is 12.6. The number of amides is 1. The number of rotatable bonds is 3. The molecule has 0 aliphatic carbocycles. The molecular weight excluding hydrogens is 388 g/mol. The Morgan fingerprint density at radius 2 is 2.21 bits per heavy atom. The van der Waals surface area contributed by atoms with E-state index in [1.165, 1.54) is 4.70 Å². The summed E-state index contributed by atoms with van der Waals surface area (Å²) in [4.78, 5) is 19.2. The molecule has 0 unspecified atom stereocenters. The predicted octanol–water partition coefficient (Wildman–Crippen LogP) is 5.03. The molecule has 1 saturated heterocycles. The second kappa shape index (κ2) is 6.53. The zero-order valence-corrected chi connectivity index (χ0v) is 15.2. The lowest BCUT2D eigenvalue weighted by Gasteiger charge is -2.21. The maximum Gasteiger partial charge on any atom is 0.247 e. The van der Waals surface area contributed by atoms with E-state index in [1.807, 2.05) is 35.2 Å².